The van der Waals surface area contributed by atoms with E-state index >= 15 is 0 Å². The van der Waals surface area contributed by atoms with Gasteiger partial charge in [-0.25, -0.2) is 27.5 Å². The number of halogens is 4. The Bertz CT molecular complexity index is 1290. The van der Waals surface area contributed by atoms with Gasteiger partial charge in [0.2, 0.25) is 11.8 Å². The van der Waals surface area contributed by atoms with Crippen LogP contribution in [0.2, 0.25) is 0 Å². The third-order valence-corrected chi connectivity index (χ3v) is 5.20. The standard InChI is InChI=1S/C28H24F4N2O4/c29-21-7-3-19(25(31)13-21)5-9-27-33-23(17-37-27)15-35-11-1-2-12-36-16-24-18-38-28(34-24)10-6-20-4-8-22(30)14-26(20)32/h3-10,13-14,17-18H,1-2,11-12,15-16H2/b9-5+,10-6+. The van der Waals surface area contributed by atoms with Crippen LogP contribution in [0.1, 0.15) is 47.1 Å². The molecule has 4 rings (SSSR count). The number of hydrogen-bond acceptors (Lipinski definition) is 6. The van der Waals surface area contributed by atoms with Gasteiger partial charge >= 0.3 is 0 Å². The predicted octanol–water partition coefficient (Wildman–Crippen LogP) is 7.07. The zero-order valence-corrected chi connectivity index (χ0v) is 20.2. The summed E-state index contributed by atoms with van der Waals surface area (Å²) in [4.78, 5) is 8.48. The van der Waals surface area contributed by atoms with Gasteiger partial charge < -0.3 is 18.3 Å². The van der Waals surface area contributed by atoms with E-state index in [1.165, 1.54) is 61.1 Å². The molecule has 0 aliphatic heterocycles. The van der Waals surface area contributed by atoms with Crippen LogP contribution in [0, 0.1) is 23.3 Å². The number of oxazole rings is 2. The van der Waals surface area contributed by atoms with Gasteiger partial charge in [0.25, 0.3) is 0 Å². The maximum Gasteiger partial charge on any atom is 0.218 e. The largest absolute Gasteiger partial charge is 0.445 e. The van der Waals surface area contributed by atoms with E-state index in [4.69, 9.17) is 18.3 Å². The summed E-state index contributed by atoms with van der Waals surface area (Å²) in [6, 6.07) is 6.64. The number of benzene rings is 2. The first-order chi connectivity index (χ1) is 18.5. The molecular weight excluding hydrogens is 504 g/mol. The molecule has 4 aromatic rings. The molecule has 0 radical (unpaired) electrons. The SMILES string of the molecule is Fc1ccc(/C=C/c2nc(COCCCCOCc3coc(/C=C/c4ccc(F)cc4F)n3)co2)c(F)c1. The first kappa shape index (κ1) is 27.0. The van der Waals surface area contributed by atoms with Crippen molar-refractivity contribution in [3.05, 3.63) is 106 Å². The van der Waals surface area contributed by atoms with Gasteiger partial charge in [0.15, 0.2) is 0 Å². The molecule has 0 aliphatic carbocycles. The van der Waals surface area contributed by atoms with Gasteiger partial charge in [-0.05, 0) is 49.3 Å². The van der Waals surface area contributed by atoms with Crippen molar-refractivity contribution in [2.45, 2.75) is 26.1 Å². The second kappa shape index (κ2) is 13.5. The highest BCUT2D eigenvalue weighted by Crippen LogP contribution is 2.15. The highest BCUT2D eigenvalue weighted by atomic mass is 19.1. The molecule has 0 N–H and O–H groups in total. The minimum Gasteiger partial charge on any atom is -0.445 e. The van der Waals surface area contributed by atoms with E-state index in [9.17, 15) is 17.6 Å². The summed E-state index contributed by atoms with van der Waals surface area (Å²) in [6.07, 6.45) is 10.4. The lowest BCUT2D eigenvalue weighted by Gasteiger charge is -2.03. The van der Waals surface area contributed by atoms with Crippen molar-refractivity contribution in [2.75, 3.05) is 13.2 Å². The minimum atomic E-state index is -0.667. The normalized spacial score (nSPS) is 11.8. The Hall–Kier alpha value is -4.02. The number of rotatable bonds is 13. The lowest BCUT2D eigenvalue weighted by Crippen LogP contribution is -2.00. The Labute approximate surface area is 216 Å². The van der Waals surface area contributed by atoms with Crippen molar-refractivity contribution >= 4 is 24.3 Å². The molecule has 0 saturated heterocycles. The average molecular weight is 529 g/mol. The highest BCUT2D eigenvalue weighted by Gasteiger charge is 2.05. The molecule has 38 heavy (non-hydrogen) atoms. The fraction of sp³-hybridized carbons (Fsp3) is 0.214. The molecule has 0 unspecified atom stereocenters. The van der Waals surface area contributed by atoms with Gasteiger partial charge in [-0.1, -0.05) is 0 Å². The molecule has 0 saturated carbocycles. The Morgan fingerprint density at radius 1 is 0.632 bits per heavy atom. The van der Waals surface area contributed by atoms with Crippen molar-refractivity contribution in [2.24, 2.45) is 0 Å². The Balaban J connectivity index is 1.08. The first-order valence-corrected chi connectivity index (χ1v) is 11.8. The van der Waals surface area contributed by atoms with Gasteiger partial charge in [0, 0.05) is 48.6 Å². The highest BCUT2D eigenvalue weighted by molar-refractivity contribution is 5.67. The topological polar surface area (TPSA) is 70.5 Å². The number of aromatic nitrogens is 2. The summed E-state index contributed by atoms with van der Waals surface area (Å²) in [7, 11) is 0. The van der Waals surface area contributed by atoms with E-state index in [0.717, 1.165) is 25.0 Å². The molecule has 198 valence electrons. The van der Waals surface area contributed by atoms with Gasteiger partial charge in [-0.2, -0.15) is 0 Å². The molecule has 2 aromatic heterocycles. The van der Waals surface area contributed by atoms with Gasteiger partial charge in [-0.15, -0.1) is 0 Å². The molecule has 2 heterocycles. The molecule has 0 spiro atoms. The summed E-state index contributed by atoms with van der Waals surface area (Å²) < 4.78 is 75.1. The number of unbranched alkanes of at least 4 members (excludes halogenated alkanes) is 1. The van der Waals surface area contributed by atoms with Crippen LogP contribution in [-0.2, 0) is 22.7 Å². The van der Waals surface area contributed by atoms with Crippen LogP contribution >= 0.6 is 0 Å². The summed E-state index contributed by atoms with van der Waals surface area (Å²) in [6.45, 7) is 1.53. The van der Waals surface area contributed by atoms with E-state index < -0.39 is 23.3 Å². The lowest BCUT2D eigenvalue weighted by molar-refractivity contribution is 0.0875. The van der Waals surface area contributed by atoms with Gasteiger partial charge in [0.05, 0.1) is 13.2 Å². The lowest BCUT2D eigenvalue weighted by atomic mass is 10.2. The predicted molar refractivity (Wildman–Crippen MR) is 132 cm³/mol. The monoisotopic (exact) mass is 528 g/mol. The van der Waals surface area contributed by atoms with Gasteiger partial charge in [0.1, 0.15) is 47.2 Å². The number of ether oxygens (including phenoxy) is 2. The van der Waals surface area contributed by atoms with Crippen molar-refractivity contribution in [3.63, 3.8) is 0 Å². The molecule has 10 heteroatoms. The fourth-order valence-corrected chi connectivity index (χ4v) is 3.29. The zero-order chi connectivity index (χ0) is 26.7. The third-order valence-electron chi connectivity index (χ3n) is 5.20. The van der Waals surface area contributed by atoms with E-state index in [2.05, 4.69) is 9.97 Å². The van der Waals surface area contributed by atoms with E-state index in [0.29, 0.717) is 24.6 Å². The van der Waals surface area contributed by atoms with Crippen LogP contribution in [0.25, 0.3) is 24.3 Å². The Morgan fingerprint density at radius 2 is 1.08 bits per heavy atom. The molecular formula is C28H24F4N2O4. The summed E-state index contributed by atoms with van der Waals surface area (Å²) in [5.41, 5.74) is 1.64. The Morgan fingerprint density at radius 3 is 1.50 bits per heavy atom. The van der Waals surface area contributed by atoms with Crippen molar-refractivity contribution < 1.29 is 35.9 Å². The molecule has 0 aliphatic rings. The molecule has 0 bridgehead atoms. The zero-order valence-electron chi connectivity index (χ0n) is 20.2. The van der Waals surface area contributed by atoms with Crippen LogP contribution in [-0.4, -0.2) is 23.2 Å². The van der Waals surface area contributed by atoms with E-state index in [-0.39, 0.29) is 36.1 Å². The minimum absolute atomic E-state index is 0.226. The first-order valence-electron chi connectivity index (χ1n) is 11.8. The van der Waals surface area contributed by atoms with Crippen LogP contribution < -0.4 is 0 Å². The van der Waals surface area contributed by atoms with E-state index in [1.807, 2.05) is 0 Å². The molecule has 2 aromatic carbocycles. The summed E-state index contributed by atoms with van der Waals surface area (Å²) >= 11 is 0. The number of hydrogen-bond donors (Lipinski definition) is 0. The molecule has 0 amide bonds. The summed E-state index contributed by atoms with van der Waals surface area (Å²) in [5, 5.41) is 0. The second-order valence-corrected chi connectivity index (χ2v) is 8.16. The third kappa shape index (κ3) is 8.25. The van der Waals surface area contributed by atoms with Crippen LogP contribution in [0.4, 0.5) is 17.6 Å². The smallest absolute Gasteiger partial charge is 0.218 e. The van der Waals surface area contributed by atoms with Crippen LogP contribution in [0.5, 0.6) is 0 Å². The molecule has 0 fully saturated rings. The van der Waals surface area contributed by atoms with Gasteiger partial charge in [-0.3, -0.25) is 0 Å². The number of nitrogens with zero attached hydrogens (tertiary/aromatic N) is 2. The fourth-order valence-electron chi connectivity index (χ4n) is 3.29. The van der Waals surface area contributed by atoms with E-state index in [1.54, 1.807) is 0 Å². The Kier molecular flexibility index (Phi) is 9.60. The molecule has 0 atom stereocenters. The average Bonchev–Trinajstić information content (AvgIpc) is 3.54. The second-order valence-electron chi connectivity index (χ2n) is 8.16. The quantitative estimate of drug-likeness (QED) is 0.137. The van der Waals surface area contributed by atoms with Crippen LogP contribution in [0.3, 0.4) is 0 Å². The summed E-state index contributed by atoms with van der Waals surface area (Å²) in [5.74, 6) is -2.04. The van der Waals surface area contributed by atoms with Crippen LogP contribution in [0.15, 0.2) is 57.8 Å². The molecule has 6 nitrogen and oxygen atoms in total. The maximum atomic E-state index is 13.7. The van der Waals surface area contributed by atoms with Crippen molar-refractivity contribution in [3.8, 4) is 0 Å². The van der Waals surface area contributed by atoms with Crippen molar-refractivity contribution in [1.82, 2.24) is 9.97 Å². The maximum absolute atomic E-state index is 13.7. The van der Waals surface area contributed by atoms with Crippen molar-refractivity contribution in [1.29, 1.82) is 0 Å².